The maximum absolute atomic E-state index is 2.60. The van der Waals surface area contributed by atoms with Gasteiger partial charge in [0.05, 0.1) is 0 Å². The van der Waals surface area contributed by atoms with Crippen LogP contribution in [0.3, 0.4) is 0 Å². The Labute approximate surface area is 142 Å². The van der Waals surface area contributed by atoms with E-state index >= 15 is 0 Å². The number of benzene rings is 3. The van der Waals surface area contributed by atoms with Gasteiger partial charge in [0, 0.05) is 0 Å². The summed E-state index contributed by atoms with van der Waals surface area (Å²) in [5, 5.41) is 2.47. The number of hydrogen-bond acceptors (Lipinski definition) is 0. The predicted molar refractivity (Wildman–Crippen MR) is 103 cm³/mol. The van der Waals surface area contributed by atoms with Gasteiger partial charge in [-0.3, -0.25) is 0 Å². The van der Waals surface area contributed by atoms with Crippen LogP contribution in [0.5, 0.6) is 0 Å². The van der Waals surface area contributed by atoms with Gasteiger partial charge in [-0.05, 0) is 0 Å². The molecule has 0 radical (unpaired) electrons. The molecule has 3 rings (SSSR count). The Balaban J connectivity index is 2.30. The summed E-state index contributed by atoms with van der Waals surface area (Å²) in [5.74, 6) is 0. The monoisotopic (exact) mass is 360 g/mol. The molecular formula is C22H21As. The van der Waals surface area contributed by atoms with Crippen molar-refractivity contribution in [2.24, 2.45) is 0 Å². The fourth-order valence-electron chi connectivity index (χ4n) is 2.91. The van der Waals surface area contributed by atoms with E-state index in [2.05, 4.69) is 115 Å². The molecular weight excluding hydrogens is 339 g/mol. The standard InChI is InChI=1S/C22H21As/c1-2-3-19-23(20-13-7-4-8-14-20,21-15-9-5-10-16-21)22-17-11-6-12-18-22/h2-19H,1H3/b3-2+. The molecule has 0 fully saturated rings. The molecule has 0 aliphatic carbocycles. The molecule has 0 saturated carbocycles. The minimum atomic E-state index is -2.60. The Bertz CT molecular complexity index is 649. The molecule has 0 aliphatic rings. The first-order valence-corrected chi connectivity index (χ1v) is 11.8. The van der Waals surface area contributed by atoms with Crippen LogP contribution in [-0.2, 0) is 0 Å². The first-order valence-electron chi connectivity index (χ1n) is 7.91. The Kier molecular flexibility index (Phi) is 5.05. The van der Waals surface area contributed by atoms with E-state index in [9.17, 15) is 0 Å². The van der Waals surface area contributed by atoms with Crippen molar-refractivity contribution in [3.8, 4) is 0 Å². The molecule has 0 nitrogen and oxygen atoms in total. The first-order chi connectivity index (χ1) is 11.4. The summed E-state index contributed by atoms with van der Waals surface area (Å²) in [6.07, 6.45) is 4.35. The second-order valence-corrected chi connectivity index (χ2v) is 12.3. The van der Waals surface area contributed by atoms with E-state index in [1.807, 2.05) is 0 Å². The minimum absolute atomic E-state index is 1.45. The topological polar surface area (TPSA) is 0 Å². The van der Waals surface area contributed by atoms with Crippen molar-refractivity contribution in [3.05, 3.63) is 108 Å². The summed E-state index contributed by atoms with van der Waals surface area (Å²) in [6, 6.07) is 32.9. The third-order valence-corrected chi connectivity index (χ3v) is 12.3. The Morgan fingerprint density at radius 1 is 0.609 bits per heavy atom. The third-order valence-electron chi connectivity index (χ3n) is 3.99. The average molecular weight is 360 g/mol. The summed E-state index contributed by atoms with van der Waals surface area (Å²) in [6.45, 7) is 2.09. The zero-order chi connectivity index (χ0) is 16.0. The van der Waals surface area contributed by atoms with E-state index < -0.39 is 13.6 Å². The molecule has 0 amide bonds. The number of allylic oxidation sites excluding steroid dienone is 2. The second kappa shape index (κ2) is 7.40. The van der Waals surface area contributed by atoms with Crippen LogP contribution in [0.1, 0.15) is 6.92 Å². The van der Waals surface area contributed by atoms with Crippen molar-refractivity contribution in [2.45, 2.75) is 6.92 Å². The molecule has 3 aromatic carbocycles. The van der Waals surface area contributed by atoms with Crippen LogP contribution >= 0.6 is 0 Å². The van der Waals surface area contributed by atoms with Crippen LogP contribution in [0, 0.1) is 5.21 Å². The summed E-state index contributed by atoms with van der Waals surface area (Å²) in [7, 11) is 0. The van der Waals surface area contributed by atoms with Gasteiger partial charge < -0.3 is 0 Å². The van der Waals surface area contributed by atoms with Gasteiger partial charge in [0.25, 0.3) is 0 Å². The van der Waals surface area contributed by atoms with E-state index in [4.69, 9.17) is 0 Å². The molecule has 0 spiro atoms. The van der Waals surface area contributed by atoms with Crippen LogP contribution in [0.2, 0.25) is 0 Å². The third kappa shape index (κ3) is 3.14. The fourth-order valence-corrected chi connectivity index (χ4v) is 10.8. The average Bonchev–Trinajstić information content (AvgIpc) is 2.65. The van der Waals surface area contributed by atoms with E-state index in [0.717, 1.165) is 0 Å². The van der Waals surface area contributed by atoms with Gasteiger partial charge in [-0.1, -0.05) is 0 Å². The molecule has 0 unspecified atom stereocenters. The zero-order valence-electron chi connectivity index (χ0n) is 13.3. The molecule has 0 aliphatic heterocycles. The van der Waals surface area contributed by atoms with Gasteiger partial charge in [0.1, 0.15) is 0 Å². The van der Waals surface area contributed by atoms with E-state index in [0.29, 0.717) is 0 Å². The second-order valence-electron chi connectivity index (χ2n) is 5.40. The van der Waals surface area contributed by atoms with Gasteiger partial charge in [-0.2, -0.15) is 0 Å². The Hall–Kier alpha value is -2.17. The van der Waals surface area contributed by atoms with Crippen LogP contribution in [0.25, 0.3) is 0 Å². The quantitative estimate of drug-likeness (QED) is 0.483. The van der Waals surface area contributed by atoms with Gasteiger partial charge in [-0.25, -0.2) is 0 Å². The molecule has 3 aromatic rings. The molecule has 0 aromatic heterocycles. The molecule has 23 heavy (non-hydrogen) atoms. The molecule has 0 bridgehead atoms. The number of hydrogen-bond donors (Lipinski definition) is 0. The van der Waals surface area contributed by atoms with Gasteiger partial charge in [0.2, 0.25) is 0 Å². The molecule has 0 saturated heterocycles. The molecule has 0 N–H and O–H groups in total. The number of rotatable bonds is 5. The van der Waals surface area contributed by atoms with Crippen LogP contribution < -0.4 is 13.1 Å². The van der Waals surface area contributed by atoms with Gasteiger partial charge in [0.15, 0.2) is 0 Å². The summed E-state index contributed by atoms with van der Waals surface area (Å²) < 4.78 is 4.34. The Morgan fingerprint density at radius 2 is 0.957 bits per heavy atom. The van der Waals surface area contributed by atoms with Crippen LogP contribution in [0.4, 0.5) is 0 Å². The van der Waals surface area contributed by atoms with Crippen molar-refractivity contribution >= 4 is 26.6 Å². The molecule has 114 valence electrons. The van der Waals surface area contributed by atoms with Crippen molar-refractivity contribution in [1.82, 2.24) is 0 Å². The maximum atomic E-state index is 2.47. The van der Waals surface area contributed by atoms with E-state index in [-0.39, 0.29) is 0 Å². The molecule has 1 heteroatoms. The van der Waals surface area contributed by atoms with Crippen molar-refractivity contribution in [2.75, 3.05) is 0 Å². The fraction of sp³-hybridized carbons (Fsp3) is 0.0455. The van der Waals surface area contributed by atoms with Gasteiger partial charge in [-0.15, -0.1) is 0 Å². The molecule has 0 heterocycles. The van der Waals surface area contributed by atoms with E-state index in [1.54, 1.807) is 0 Å². The summed E-state index contributed by atoms with van der Waals surface area (Å²) in [5.41, 5.74) is 0. The van der Waals surface area contributed by atoms with Crippen molar-refractivity contribution < 1.29 is 0 Å². The van der Waals surface area contributed by atoms with Crippen molar-refractivity contribution in [1.29, 1.82) is 0 Å². The summed E-state index contributed by atoms with van der Waals surface area (Å²) >= 11 is -2.60. The predicted octanol–water partition coefficient (Wildman–Crippen LogP) is 3.48. The van der Waals surface area contributed by atoms with Crippen LogP contribution in [0.15, 0.2) is 103 Å². The Morgan fingerprint density at radius 3 is 1.26 bits per heavy atom. The van der Waals surface area contributed by atoms with Gasteiger partial charge >= 0.3 is 142 Å². The zero-order valence-corrected chi connectivity index (χ0v) is 15.2. The summed E-state index contributed by atoms with van der Waals surface area (Å²) in [4.78, 5) is 0. The SMILES string of the molecule is C/C=C/[CH-][As+](c1ccccc1)(c1ccccc1)c1ccccc1. The van der Waals surface area contributed by atoms with E-state index in [1.165, 1.54) is 13.1 Å². The van der Waals surface area contributed by atoms with Crippen LogP contribution in [-0.4, -0.2) is 13.6 Å². The molecule has 0 atom stereocenters. The normalized spacial score (nSPS) is 11.5. The first kappa shape index (κ1) is 15.7. The van der Waals surface area contributed by atoms with Crippen molar-refractivity contribution in [3.63, 3.8) is 0 Å².